The minimum Gasteiger partial charge on any atom is -0.462 e. The van der Waals surface area contributed by atoms with Crippen LogP contribution in [0.5, 0.6) is 0 Å². The van der Waals surface area contributed by atoms with Crippen LogP contribution in [0.25, 0.3) is 0 Å². The first-order valence-corrected chi connectivity index (χ1v) is 41.7. The van der Waals surface area contributed by atoms with Crippen molar-refractivity contribution in [2.45, 2.75) is 277 Å². The number of carbonyl (C=O) groups excluding carboxylic acids is 4. The summed E-state index contributed by atoms with van der Waals surface area (Å²) >= 11 is 0. The average molecular weight is 1490 g/mol. The van der Waals surface area contributed by atoms with E-state index < -0.39 is 97.5 Å². The molecule has 5 unspecified atom stereocenters. The number of hydrogen-bond acceptors (Lipinski definition) is 15. The number of rotatable bonds is 70. The number of esters is 4. The second kappa shape index (κ2) is 75.1. The summed E-state index contributed by atoms with van der Waals surface area (Å²) in [7, 11) is -10.0. The van der Waals surface area contributed by atoms with Crippen molar-refractivity contribution in [3.8, 4) is 0 Å². The van der Waals surface area contributed by atoms with Gasteiger partial charge in [-0.2, -0.15) is 0 Å². The summed E-state index contributed by atoms with van der Waals surface area (Å²) < 4.78 is 68.3. The number of ether oxygens (including phenoxy) is 4. The molecule has 0 saturated heterocycles. The Morgan fingerprint density at radius 3 is 0.875 bits per heavy atom. The third-order valence-corrected chi connectivity index (χ3v) is 17.0. The number of phosphoric ester groups is 2. The highest BCUT2D eigenvalue weighted by atomic mass is 31.2. The molecule has 104 heavy (non-hydrogen) atoms. The van der Waals surface area contributed by atoms with Gasteiger partial charge < -0.3 is 33.8 Å². The molecule has 0 amide bonds. The van der Waals surface area contributed by atoms with E-state index >= 15 is 0 Å². The van der Waals surface area contributed by atoms with Gasteiger partial charge >= 0.3 is 39.5 Å². The zero-order chi connectivity index (χ0) is 76.0. The molecule has 0 aliphatic rings. The maximum Gasteiger partial charge on any atom is 0.472 e. The van der Waals surface area contributed by atoms with Gasteiger partial charge in [-0.25, -0.2) is 9.13 Å². The number of aliphatic hydroxyl groups excluding tert-OH is 1. The van der Waals surface area contributed by atoms with E-state index in [1.165, 1.54) is 6.42 Å². The fraction of sp³-hybridized carbons (Fsp3) is 0.576. The lowest BCUT2D eigenvalue weighted by Gasteiger charge is -2.21. The van der Waals surface area contributed by atoms with Crippen LogP contribution in [0.3, 0.4) is 0 Å². The van der Waals surface area contributed by atoms with Crippen molar-refractivity contribution in [2.75, 3.05) is 39.6 Å². The van der Waals surface area contributed by atoms with Crippen molar-refractivity contribution in [1.29, 1.82) is 0 Å². The first-order valence-electron chi connectivity index (χ1n) is 38.7. The van der Waals surface area contributed by atoms with E-state index in [0.29, 0.717) is 25.7 Å². The molecule has 0 aromatic rings. The molecule has 0 bridgehead atoms. The standard InChI is InChI=1S/C85H134O17P2/c1-5-9-13-17-21-25-29-32-35-37-39-41-44-47-51-54-58-62-66-70-83(88)96-76-81(102-85(90)72-68-64-60-56-52-48-45-42-40-38-36-33-30-26-22-18-14-10-6-2)78-100-104(93,94)98-74-79(86)73-97-103(91,92)99-77-80(101-84(89)71-67-63-59-55-49-28-24-20-16-12-8-4)75-95-82(87)69-65-61-57-53-50-46-43-34-31-27-23-19-15-11-7-3/h9-11,13-15,20-27,32-36,39-43,47-48,50-53,61,65,79-81,86H,5-8,12,16-19,28-31,37-38,44-46,49,54-60,62-64,66-78H2,1-4H3,(H,91,92)(H,93,94)/b13-9-,14-10-,15-11-,24-20-,25-21-,26-22-,27-23-,35-32-,36-33-,41-39-,42-40-,43-34-,51-47-,52-48-,53-50-,65-61-. The van der Waals surface area contributed by atoms with E-state index in [2.05, 4.69) is 198 Å². The molecule has 3 N–H and O–H groups in total. The molecule has 0 radical (unpaired) electrons. The summed E-state index contributed by atoms with van der Waals surface area (Å²) in [6.45, 7) is 4.24. The van der Waals surface area contributed by atoms with Crippen molar-refractivity contribution in [1.82, 2.24) is 0 Å². The Morgan fingerprint density at radius 2 is 0.538 bits per heavy atom. The smallest absolute Gasteiger partial charge is 0.462 e. The van der Waals surface area contributed by atoms with Crippen LogP contribution < -0.4 is 0 Å². The Balaban J connectivity index is 5.50. The molecule has 586 valence electrons. The van der Waals surface area contributed by atoms with Gasteiger partial charge in [0.1, 0.15) is 19.3 Å². The lowest BCUT2D eigenvalue weighted by Crippen LogP contribution is -2.30. The maximum absolute atomic E-state index is 13.1. The first-order chi connectivity index (χ1) is 50.7. The number of unbranched alkanes of at least 4 members (excludes halogenated alkanes) is 13. The molecule has 0 fully saturated rings. The SMILES string of the molecule is CC/C=C\C/C=C\C/C=C\C/C=C\C/C=C\CCCCCC(=O)OCC(COP(=O)(O)OCC(O)COP(=O)(O)OCC(COC(=O)C/C=C\C/C=C\C/C=C\C/C=C\C/C=C\CC)OC(=O)CCCCCCC/C=C\CCCC)OC(=O)CCCCC/C=C\C/C=C\C/C=C\C/C=C\C/C=C\CC. The number of allylic oxidation sites excluding steroid dienone is 31. The van der Waals surface area contributed by atoms with Gasteiger partial charge in [0.2, 0.25) is 0 Å². The van der Waals surface area contributed by atoms with Gasteiger partial charge in [0.15, 0.2) is 12.2 Å². The van der Waals surface area contributed by atoms with E-state index in [1.807, 2.05) is 18.2 Å². The molecule has 0 aromatic carbocycles. The maximum atomic E-state index is 13.1. The molecule has 0 saturated carbocycles. The minimum absolute atomic E-state index is 0.0373. The van der Waals surface area contributed by atoms with Gasteiger partial charge in [-0.15, -0.1) is 0 Å². The van der Waals surface area contributed by atoms with Crippen molar-refractivity contribution < 1.29 is 80.2 Å². The van der Waals surface area contributed by atoms with Crippen LogP contribution in [-0.4, -0.2) is 96.7 Å². The van der Waals surface area contributed by atoms with Crippen LogP contribution >= 0.6 is 15.6 Å². The first kappa shape index (κ1) is 97.9. The predicted octanol–water partition coefficient (Wildman–Crippen LogP) is 22.5. The fourth-order valence-electron chi connectivity index (χ4n) is 9.27. The fourth-order valence-corrected chi connectivity index (χ4v) is 10.8. The zero-order valence-corrected chi connectivity index (χ0v) is 65.6. The normalized spacial score (nSPS) is 15.0. The van der Waals surface area contributed by atoms with Gasteiger partial charge in [-0.1, -0.05) is 267 Å². The van der Waals surface area contributed by atoms with Gasteiger partial charge in [-0.05, 0) is 161 Å². The summed E-state index contributed by atoms with van der Waals surface area (Å²) in [4.78, 5) is 72.8. The van der Waals surface area contributed by atoms with Gasteiger partial charge in [-0.3, -0.25) is 37.3 Å². The van der Waals surface area contributed by atoms with E-state index in [9.17, 15) is 43.2 Å². The quantitative estimate of drug-likeness (QED) is 0.0169. The molecule has 0 aliphatic heterocycles. The summed E-state index contributed by atoms with van der Waals surface area (Å²) in [6.07, 6.45) is 91.7. The van der Waals surface area contributed by atoms with E-state index in [4.69, 9.17) is 37.0 Å². The predicted molar refractivity (Wildman–Crippen MR) is 426 cm³/mol. The number of aliphatic hydroxyl groups is 1. The summed E-state index contributed by atoms with van der Waals surface area (Å²) in [6, 6.07) is 0. The molecule has 0 rings (SSSR count). The summed E-state index contributed by atoms with van der Waals surface area (Å²) in [5.74, 6) is -2.43. The molecular formula is C85H134O17P2. The molecule has 0 aromatic heterocycles. The van der Waals surface area contributed by atoms with Crippen LogP contribution in [0.1, 0.15) is 259 Å². The molecule has 0 spiro atoms. The largest absolute Gasteiger partial charge is 0.472 e. The number of carbonyl (C=O) groups is 4. The Hall–Kier alpha value is -6.10. The van der Waals surface area contributed by atoms with Crippen LogP contribution in [0.15, 0.2) is 194 Å². The minimum atomic E-state index is -5.01. The van der Waals surface area contributed by atoms with Crippen molar-refractivity contribution in [3.63, 3.8) is 0 Å². The van der Waals surface area contributed by atoms with Crippen LogP contribution in [-0.2, 0) is 65.4 Å². The molecular weight excluding hydrogens is 1350 g/mol. The van der Waals surface area contributed by atoms with Crippen molar-refractivity contribution >= 4 is 39.5 Å². The Labute approximate surface area is 627 Å². The lowest BCUT2D eigenvalue weighted by atomic mass is 10.1. The molecule has 17 nitrogen and oxygen atoms in total. The highest BCUT2D eigenvalue weighted by Crippen LogP contribution is 2.45. The third-order valence-electron chi connectivity index (χ3n) is 15.1. The van der Waals surface area contributed by atoms with Crippen molar-refractivity contribution in [3.05, 3.63) is 194 Å². The van der Waals surface area contributed by atoms with E-state index in [0.717, 1.165) is 173 Å². The monoisotopic (exact) mass is 1490 g/mol. The Kier molecular flexibility index (Phi) is 70.7. The molecule has 0 heterocycles. The Bertz CT molecular complexity index is 2740. The van der Waals surface area contributed by atoms with E-state index in [1.54, 1.807) is 6.08 Å². The summed E-state index contributed by atoms with van der Waals surface area (Å²) in [5, 5.41) is 10.6. The van der Waals surface area contributed by atoms with Gasteiger partial charge in [0.05, 0.1) is 32.8 Å². The summed E-state index contributed by atoms with van der Waals surface area (Å²) in [5.41, 5.74) is 0. The van der Waals surface area contributed by atoms with Crippen LogP contribution in [0.2, 0.25) is 0 Å². The van der Waals surface area contributed by atoms with Crippen LogP contribution in [0.4, 0.5) is 0 Å². The van der Waals surface area contributed by atoms with Gasteiger partial charge in [0, 0.05) is 19.3 Å². The number of hydrogen-bond donors (Lipinski definition) is 3. The third kappa shape index (κ3) is 74.2. The molecule has 19 heteroatoms. The Morgan fingerprint density at radius 1 is 0.288 bits per heavy atom. The van der Waals surface area contributed by atoms with Crippen LogP contribution in [0, 0.1) is 0 Å². The van der Waals surface area contributed by atoms with E-state index in [-0.39, 0.29) is 25.7 Å². The zero-order valence-electron chi connectivity index (χ0n) is 63.9. The highest BCUT2D eigenvalue weighted by molar-refractivity contribution is 7.47. The average Bonchev–Trinajstić information content (AvgIpc) is 0.928. The van der Waals surface area contributed by atoms with Gasteiger partial charge in [0.25, 0.3) is 0 Å². The molecule has 5 atom stereocenters. The molecule has 0 aliphatic carbocycles. The lowest BCUT2D eigenvalue weighted by molar-refractivity contribution is -0.161. The second-order valence-electron chi connectivity index (χ2n) is 24.8. The topological polar surface area (TPSA) is 237 Å². The number of phosphoric acid groups is 2. The second-order valence-corrected chi connectivity index (χ2v) is 27.7. The highest BCUT2D eigenvalue weighted by Gasteiger charge is 2.30. The van der Waals surface area contributed by atoms with Crippen molar-refractivity contribution in [2.24, 2.45) is 0 Å².